The third-order valence-corrected chi connectivity index (χ3v) is 4.45. The quantitative estimate of drug-likeness (QED) is 0.764. The van der Waals surface area contributed by atoms with Gasteiger partial charge in [0.05, 0.1) is 16.6 Å². The lowest BCUT2D eigenvalue weighted by atomic mass is 9.99. The normalized spacial score (nSPS) is 16.8. The molecule has 3 heterocycles. The molecular weight excluding hydrogens is 289 g/mol. The van der Waals surface area contributed by atoms with Gasteiger partial charge in [0, 0.05) is 11.1 Å². The largest absolute Gasteiger partial charge is 0.339 e. The van der Waals surface area contributed by atoms with Crippen LogP contribution in [-0.4, -0.2) is 16.1 Å². The van der Waals surface area contributed by atoms with Crippen molar-refractivity contribution < 1.29 is 9.18 Å². The Balaban J connectivity index is 1.91. The van der Waals surface area contributed by atoms with E-state index in [4.69, 9.17) is 0 Å². The smallest absolute Gasteiger partial charge is 0.272 e. The van der Waals surface area contributed by atoms with Gasteiger partial charge in [-0.2, -0.15) is 5.10 Å². The Labute approximate surface area is 123 Å². The van der Waals surface area contributed by atoms with E-state index in [0.717, 1.165) is 10.6 Å². The summed E-state index contributed by atoms with van der Waals surface area (Å²) in [5.41, 5.74) is 2.27. The summed E-state index contributed by atoms with van der Waals surface area (Å²) >= 11 is 1.55. The number of nitrogens with zero attached hydrogens (tertiary/aromatic N) is 1. The number of rotatable bonds is 2. The fraction of sp³-hybridized carbons (Fsp3) is 0.0667. The van der Waals surface area contributed by atoms with Gasteiger partial charge in [-0.1, -0.05) is 24.3 Å². The lowest BCUT2D eigenvalue weighted by Crippen LogP contribution is -2.21. The van der Waals surface area contributed by atoms with E-state index in [2.05, 4.69) is 15.5 Å². The van der Waals surface area contributed by atoms with Gasteiger partial charge in [0.15, 0.2) is 5.69 Å². The van der Waals surface area contributed by atoms with Crippen LogP contribution >= 0.6 is 11.3 Å². The number of benzene rings is 1. The molecule has 6 heteroatoms. The third kappa shape index (κ3) is 1.80. The standard InChI is InChI=1S/C15H10FN3OS/c16-9-5-2-1-4-8(9)12-11-13(10-6-3-7-21-10)18-19-14(11)15(20)17-12/h1-7,12H,(H,17,20)(H,18,19)/t12-/m0/s1. The van der Waals surface area contributed by atoms with E-state index in [9.17, 15) is 9.18 Å². The summed E-state index contributed by atoms with van der Waals surface area (Å²) < 4.78 is 14.1. The molecule has 1 atom stereocenters. The molecule has 1 aliphatic heterocycles. The number of hydrogen-bond donors (Lipinski definition) is 2. The maximum Gasteiger partial charge on any atom is 0.272 e. The zero-order chi connectivity index (χ0) is 14.4. The molecule has 1 aromatic carbocycles. The Kier molecular flexibility index (Phi) is 2.65. The van der Waals surface area contributed by atoms with Gasteiger partial charge < -0.3 is 5.32 Å². The van der Waals surface area contributed by atoms with Crippen LogP contribution in [0.4, 0.5) is 4.39 Å². The highest BCUT2D eigenvalue weighted by molar-refractivity contribution is 7.13. The molecule has 4 nitrogen and oxygen atoms in total. The Morgan fingerprint density at radius 3 is 2.81 bits per heavy atom. The summed E-state index contributed by atoms with van der Waals surface area (Å²) in [7, 11) is 0. The van der Waals surface area contributed by atoms with E-state index in [1.54, 1.807) is 29.5 Å². The topological polar surface area (TPSA) is 57.8 Å². The number of hydrogen-bond acceptors (Lipinski definition) is 3. The molecule has 4 rings (SSSR count). The molecule has 1 amide bonds. The monoisotopic (exact) mass is 299 g/mol. The van der Waals surface area contributed by atoms with Crippen LogP contribution in [0.1, 0.15) is 27.7 Å². The molecule has 1 aliphatic rings. The third-order valence-electron chi connectivity index (χ3n) is 3.57. The first-order valence-corrected chi connectivity index (χ1v) is 7.31. The first-order chi connectivity index (χ1) is 10.3. The van der Waals surface area contributed by atoms with Crippen molar-refractivity contribution in [3.8, 4) is 10.6 Å². The number of thiophene rings is 1. The summed E-state index contributed by atoms with van der Waals surface area (Å²) in [6, 6.07) is 9.82. The second-order valence-electron chi connectivity index (χ2n) is 4.77. The van der Waals surface area contributed by atoms with E-state index >= 15 is 0 Å². The average molecular weight is 299 g/mol. The lowest BCUT2D eigenvalue weighted by molar-refractivity contribution is 0.0955. The fourth-order valence-electron chi connectivity index (χ4n) is 2.63. The molecule has 3 aromatic rings. The van der Waals surface area contributed by atoms with Gasteiger partial charge in [0.1, 0.15) is 5.82 Å². The number of halogens is 1. The van der Waals surface area contributed by atoms with Crippen LogP contribution in [0.3, 0.4) is 0 Å². The Morgan fingerprint density at radius 1 is 1.19 bits per heavy atom. The highest BCUT2D eigenvalue weighted by Gasteiger charge is 2.37. The van der Waals surface area contributed by atoms with Crippen molar-refractivity contribution >= 4 is 17.2 Å². The molecule has 0 radical (unpaired) electrons. The molecule has 104 valence electrons. The van der Waals surface area contributed by atoms with Crippen LogP contribution in [-0.2, 0) is 0 Å². The predicted octanol–water partition coefficient (Wildman–Crippen LogP) is 3.11. The number of carbonyl (C=O) groups excluding carboxylic acids is 1. The number of fused-ring (bicyclic) bond motifs is 1. The van der Waals surface area contributed by atoms with Crippen molar-refractivity contribution in [3.63, 3.8) is 0 Å². The second kappa shape index (κ2) is 4.53. The number of aromatic nitrogens is 2. The molecule has 0 spiro atoms. The van der Waals surface area contributed by atoms with Crippen molar-refractivity contribution in [1.29, 1.82) is 0 Å². The maximum absolute atomic E-state index is 14.1. The summed E-state index contributed by atoms with van der Waals surface area (Å²) in [6.07, 6.45) is 0. The fourth-order valence-corrected chi connectivity index (χ4v) is 3.36. The number of amides is 1. The van der Waals surface area contributed by atoms with Gasteiger partial charge in [0.25, 0.3) is 5.91 Å². The Bertz CT molecular complexity index is 825. The van der Waals surface area contributed by atoms with Crippen molar-refractivity contribution in [2.75, 3.05) is 0 Å². The highest BCUT2D eigenvalue weighted by atomic mass is 32.1. The van der Waals surface area contributed by atoms with E-state index in [0.29, 0.717) is 16.8 Å². The number of H-pyrrole nitrogens is 1. The van der Waals surface area contributed by atoms with Gasteiger partial charge in [0.2, 0.25) is 0 Å². The molecule has 0 saturated heterocycles. The van der Waals surface area contributed by atoms with Crippen molar-refractivity contribution in [2.24, 2.45) is 0 Å². The number of aromatic amines is 1. The molecule has 0 saturated carbocycles. The summed E-state index contributed by atoms with van der Waals surface area (Å²) in [5, 5.41) is 11.7. The van der Waals surface area contributed by atoms with Crippen LogP contribution in [0.15, 0.2) is 41.8 Å². The first-order valence-electron chi connectivity index (χ1n) is 6.43. The average Bonchev–Trinajstić information content (AvgIpc) is 3.18. The van der Waals surface area contributed by atoms with Crippen LogP contribution < -0.4 is 5.32 Å². The van der Waals surface area contributed by atoms with Gasteiger partial charge in [-0.15, -0.1) is 11.3 Å². The molecule has 0 bridgehead atoms. The summed E-state index contributed by atoms with van der Waals surface area (Å²) in [4.78, 5) is 13.0. The van der Waals surface area contributed by atoms with Gasteiger partial charge in [-0.05, 0) is 17.5 Å². The van der Waals surface area contributed by atoms with Gasteiger partial charge >= 0.3 is 0 Å². The second-order valence-corrected chi connectivity index (χ2v) is 5.71. The van der Waals surface area contributed by atoms with E-state index in [1.165, 1.54) is 6.07 Å². The molecule has 21 heavy (non-hydrogen) atoms. The first kappa shape index (κ1) is 12.3. The van der Waals surface area contributed by atoms with E-state index in [1.807, 2.05) is 17.5 Å². The molecule has 0 fully saturated rings. The number of nitrogens with one attached hydrogen (secondary N) is 2. The molecular formula is C15H10FN3OS. The van der Waals surface area contributed by atoms with Crippen LogP contribution in [0.2, 0.25) is 0 Å². The lowest BCUT2D eigenvalue weighted by Gasteiger charge is -2.13. The van der Waals surface area contributed by atoms with E-state index < -0.39 is 6.04 Å². The minimum absolute atomic E-state index is 0.280. The Hall–Kier alpha value is -2.47. The predicted molar refractivity (Wildman–Crippen MR) is 77.6 cm³/mol. The minimum atomic E-state index is -0.510. The van der Waals surface area contributed by atoms with Crippen LogP contribution in [0.25, 0.3) is 10.6 Å². The molecule has 2 N–H and O–H groups in total. The minimum Gasteiger partial charge on any atom is -0.339 e. The van der Waals surface area contributed by atoms with Crippen molar-refractivity contribution in [1.82, 2.24) is 15.5 Å². The molecule has 2 aromatic heterocycles. The Morgan fingerprint density at radius 2 is 2.05 bits per heavy atom. The number of carbonyl (C=O) groups is 1. The zero-order valence-electron chi connectivity index (χ0n) is 10.8. The van der Waals surface area contributed by atoms with Gasteiger partial charge in [-0.25, -0.2) is 4.39 Å². The maximum atomic E-state index is 14.1. The highest BCUT2D eigenvalue weighted by Crippen LogP contribution is 2.38. The van der Waals surface area contributed by atoms with Crippen LogP contribution in [0, 0.1) is 5.82 Å². The van der Waals surface area contributed by atoms with Crippen molar-refractivity contribution in [3.05, 3.63) is 64.4 Å². The van der Waals surface area contributed by atoms with Gasteiger partial charge in [-0.3, -0.25) is 9.89 Å². The molecule has 0 aliphatic carbocycles. The van der Waals surface area contributed by atoms with Crippen LogP contribution in [0.5, 0.6) is 0 Å². The summed E-state index contributed by atoms with van der Waals surface area (Å²) in [6.45, 7) is 0. The van der Waals surface area contributed by atoms with Crippen molar-refractivity contribution in [2.45, 2.75) is 6.04 Å². The van der Waals surface area contributed by atoms with E-state index in [-0.39, 0.29) is 11.7 Å². The summed E-state index contributed by atoms with van der Waals surface area (Å²) in [5.74, 6) is -0.619. The zero-order valence-corrected chi connectivity index (χ0v) is 11.6. The molecule has 0 unspecified atom stereocenters. The SMILES string of the molecule is O=C1N[C@@H](c2ccccc2F)c2c1n[nH]c2-c1cccs1.